The minimum atomic E-state index is -4.27. The molecule has 0 fully saturated rings. The zero-order chi connectivity index (χ0) is 15.2. The highest BCUT2D eigenvalue weighted by molar-refractivity contribution is 7.85. The van der Waals surface area contributed by atoms with Crippen molar-refractivity contribution in [1.29, 1.82) is 0 Å². The third kappa shape index (κ3) is 5.38. The Morgan fingerprint density at radius 3 is 2.35 bits per heavy atom. The molecule has 5 nitrogen and oxygen atoms in total. The van der Waals surface area contributed by atoms with Crippen LogP contribution in [0.25, 0.3) is 0 Å². The molecule has 108 valence electrons. The summed E-state index contributed by atoms with van der Waals surface area (Å²) >= 11 is 0. The summed E-state index contributed by atoms with van der Waals surface area (Å²) in [6.45, 7) is 6.35. The van der Waals surface area contributed by atoms with Crippen LogP contribution in [0.2, 0.25) is 0 Å². The molecule has 1 heterocycles. The summed E-state index contributed by atoms with van der Waals surface area (Å²) in [6.07, 6.45) is 7.91. The summed E-state index contributed by atoms with van der Waals surface area (Å²) in [6, 6.07) is 5.78. The van der Waals surface area contributed by atoms with Crippen LogP contribution in [-0.2, 0) is 23.7 Å². The molecule has 1 aromatic carbocycles. The number of rotatable bonds is 3. The van der Waals surface area contributed by atoms with E-state index in [1.807, 2.05) is 43.3 Å². The predicted octanol–water partition coefficient (Wildman–Crippen LogP) is 1.40. The predicted molar refractivity (Wildman–Crippen MR) is 74.9 cm³/mol. The summed E-state index contributed by atoms with van der Waals surface area (Å²) in [4.78, 5) is -0.178. The number of allylic oxidation sites excluding steroid dienone is 1. The number of benzene rings is 1. The second-order valence-corrected chi connectivity index (χ2v) is 5.71. The Morgan fingerprint density at radius 2 is 1.95 bits per heavy atom. The second-order valence-electron chi connectivity index (χ2n) is 4.33. The normalized spacial score (nSPS) is 10.6. The van der Waals surface area contributed by atoms with E-state index < -0.39 is 10.1 Å². The van der Waals surface area contributed by atoms with E-state index in [2.05, 4.69) is 11.1 Å². The van der Waals surface area contributed by atoms with Crippen LogP contribution in [0.3, 0.4) is 0 Å². The van der Waals surface area contributed by atoms with Crippen molar-refractivity contribution in [2.24, 2.45) is 7.05 Å². The molecule has 0 aliphatic rings. The molecular weight excluding hydrogens is 276 g/mol. The molecule has 6 heteroatoms. The van der Waals surface area contributed by atoms with Gasteiger partial charge in [0, 0.05) is 0 Å². The van der Waals surface area contributed by atoms with Gasteiger partial charge in [0.2, 0.25) is 6.33 Å². The van der Waals surface area contributed by atoms with Crippen molar-refractivity contribution >= 4 is 10.1 Å². The van der Waals surface area contributed by atoms with Crippen LogP contribution in [0.15, 0.2) is 60.5 Å². The van der Waals surface area contributed by atoms with E-state index in [1.165, 1.54) is 12.1 Å². The van der Waals surface area contributed by atoms with Gasteiger partial charge in [0.05, 0.1) is 11.9 Å². The van der Waals surface area contributed by atoms with Crippen molar-refractivity contribution in [2.75, 3.05) is 0 Å². The van der Waals surface area contributed by atoms with Crippen molar-refractivity contribution in [1.82, 2.24) is 4.57 Å². The van der Waals surface area contributed by atoms with Crippen LogP contribution in [0.4, 0.5) is 0 Å². The first-order chi connectivity index (χ1) is 9.32. The fourth-order valence-corrected chi connectivity index (χ4v) is 1.93. The Kier molecular flexibility index (Phi) is 5.66. The monoisotopic (exact) mass is 294 g/mol. The minimum absolute atomic E-state index is 0.178. The third-order valence-corrected chi connectivity index (χ3v) is 3.32. The second kappa shape index (κ2) is 7.02. The highest BCUT2D eigenvalue weighted by Gasteiger charge is 1.97. The first-order valence-corrected chi connectivity index (χ1v) is 7.38. The molecule has 20 heavy (non-hydrogen) atoms. The summed E-state index contributed by atoms with van der Waals surface area (Å²) in [5, 5.41) is 0. The first-order valence-electron chi connectivity index (χ1n) is 5.97. The summed E-state index contributed by atoms with van der Waals surface area (Å²) < 4.78 is 35.2. The Balaban J connectivity index is 0.000000204. The smallest absolute Gasteiger partial charge is 0.243 e. The van der Waals surface area contributed by atoms with Gasteiger partial charge in [-0.3, -0.25) is 0 Å². The van der Waals surface area contributed by atoms with Crippen LogP contribution in [-0.4, -0.2) is 17.5 Å². The van der Waals surface area contributed by atoms with Gasteiger partial charge in [-0.05, 0) is 19.1 Å². The topological polar surface area (TPSA) is 66.0 Å². The highest BCUT2D eigenvalue weighted by Crippen LogP contribution is 2.08. The largest absolute Gasteiger partial charge is 0.744 e. The van der Waals surface area contributed by atoms with Gasteiger partial charge < -0.3 is 4.55 Å². The third-order valence-electron chi connectivity index (χ3n) is 2.47. The maximum atomic E-state index is 10.4. The van der Waals surface area contributed by atoms with Gasteiger partial charge in [-0.15, -0.1) is 0 Å². The molecule has 1 aromatic heterocycles. The molecule has 0 amide bonds. The van der Waals surface area contributed by atoms with Gasteiger partial charge in [0.25, 0.3) is 0 Å². The van der Waals surface area contributed by atoms with E-state index in [0.717, 1.165) is 12.1 Å². The van der Waals surface area contributed by atoms with Gasteiger partial charge in [-0.2, -0.15) is 0 Å². The average Bonchev–Trinajstić information content (AvgIpc) is 2.76. The standard InChI is InChI=1S/C7H11N2.C7H8O3S/c1-3-4-9-6-5-8(2)7-9;1-6-2-4-7(5-3-6)11(8,9)10/h3,5-7H,1,4H2,2H3;2-5H,1H3,(H,8,9,10)/q+1;/p-1. The molecule has 0 saturated carbocycles. The summed E-state index contributed by atoms with van der Waals surface area (Å²) in [7, 11) is -2.27. The van der Waals surface area contributed by atoms with Crippen LogP contribution in [0.5, 0.6) is 0 Å². The summed E-state index contributed by atoms with van der Waals surface area (Å²) in [5.41, 5.74) is 0.928. The van der Waals surface area contributed by atoms with Gasteiger partial charge in [-0.25, -0.2) is 17.6 Å². The van der Waals surface area contributed by atoms with Crippen molar-refractivity contribution in [3.63, 3.8) is 0 Å². The number of hydrogen-bond acceptors (Lipinski definition) is 3. The molecule has 0 spiro atoms. The number of aryl methyl sites for hydroxylation is 2. The lowest BCUT2D eigenvalue weighted by molar-refractivity contribution is -0.671. The molecule has 0 aliphatic carbocycles. The molecule has 2 aromatic rings. The van der Waals surface area contributed by atoms with Gasteiger partial charge in [0.15, 0.2) is 0 Å². The molecule has 0 aliphatic heterocycles. The molecule has 0 atom stereocenters. The average molecular weight is 294 g/mol. The van der Waals surface area contributed by atoms with E-state index >= 15 is 0 Å². The molecular formula is C14H18N2O3S. The highest BCUT2D eigenvalue weighted by atomic mass is 32.2. The quantitative estimate of drug-likeness (QED) is 0.488. The fraction of sp³-hybridized carbons (Fsp3) is 0.214. The SMILES string of the molecule is C=CCn1cc[n+](C)c1.Cc1ccc(S(=O)(=O)[O-])cc1. The number of aromatic nitrogens is 2. The van der Waals surface area contributed by atoms with Crippen LogP contribution >= 0.6 is 0 Å². The Hall–Kier alpha value is -1.92. The lowest BCUT2D eigenvalue weighted by atomic mass is 10.2. The first kappa shape index (κ1) is 16.1. The van der Waals surface area contributed by atoms with E-state index in [4.69, 9.17) is 0 Å². The van der Waals surface area contributed by atoms with E-state index in [0.29, 0.717) is 0 Å². The van der Waals surface area contributed by atoms with Crippen LogP contribution in [0, 0.1) is 6.92 Å². The summed E-state index contributed by atoms with van der Waals surface area (Å²) in [5.74, 6) is 0. The van der Waals surface area contributed by atoms with E-state index in [-0.39, 0.29) is 4.90 Å². The van der Waals surface area contributed by atoms with Crippen molar-refractivity contribution in [3.05, 3.63) is 61.2 Å². The van der Waals surface area contributed by atoms with Crippen LogP contribution < -0.4 is 4.57 Å². The Labute approximate surface area is 119 Å². The molecule has 0 N–H and O–H groups in total. The van der Waals surface area contributed by atoms with Crippen LogP contribution in [0.1, 0.15) is 5.56 Å². The fourth-order valence-electron chi connectivity index (χ4n) is 1.46. The lowest BCUT2D eigenvalue weighted by Crippen LogP contribution is -2.23. The molecule has 0 unspecified atom stereocenters. The zero-order valence-electron chi connectivity index (χ0n) is 11.6. The Bertz CT molecular complexity index is 658. The lowest BCUT2D eigenvalue weighted by Gasteiger charge is -2.05. The maximum absolute atomic E-state index is 10.4. The number of nitrogens with zero attached hydrogens (tertiary/aromatic N) is 2. The Morgan fingerprint density at radius 1 is 1.35 bits per heavy atom. The van der Waals surface area contributed by atoms with Gasteiger partial charge in [0.1, 0.15) is 29.1 Å². The molecule has 2 rings (SSSR count). The van der Waals surface area contributed by atoms with E-state index in [9.17, 15) is 13.0 Å². The maximum Gasteiger partial charge on any atom is 0.243 e. The van der Waals surface area contributed by atoms with Crippen molar-refractivity contribution in [2.45, 2.75) is 18.4 Å². The zero-order valence-corrected chi connectivity index (χ0v) is 12.4. The van der Waals surface area contributed by atoms with Crippen molar-refractivity contribution < 1.29 is 17.5 Å². The molecule has 0 bridgehead atoms. The van der Waals surface area contributed by atoms with Gasteiger partial charge in [-0.1, -0.05) is 30.4 Å². The molecule has 0 saturated heterocycles. The van der Waals surface area contributed by atoms with Gasteiger partial charge >= 0.3 is 0 Å². The van der Waals surface area contributed by atoms with E-state index in [1.54, 1.807) is 12.1 Å². The number of hydrogen-bond donors (Lipinski definition) is 0. The van der Waals surface area contributed by atoms with Crippen molar-refractivity contribution in [3.8, 4) is 0 Å². The number of imidazole rings is 1. The molecule has 0 radical (unpaired) electrons. The minimum Gasteiger partial charge on any atom is -0.744 e.